The lowest BCUT2D eigenvalue weighted by Gasteiger charge is -2.24. The Hall–Kier alpha value is -3.36. The molecule has 1 heterocycles. The van der Waals surface area contributed by atoms with Crippen LogP contribution in [0.5, 0.6) is 11.5 Å². The van der Waals surface area contributed by atoms with Crippen molar-refractivity contribution in [3.05, 3.63) is 88.5 Å². The highest BCUT2D eigenvalue weighted by molar-refractivity contribution is 7.89. The molecule has 0 saturated heterocycles. The van der Waals surface area contributed by atoms with Gasteiger partial charge in [0.1, 0.15) is 0 Å². The van der Waals surface area contributed by atoms with Gasteiger partial charge in [-0.3, -0.25) is 4.79 Å². The Balaban J connectivity index is 1.52. The van der Waals surface area contributed by atoms with Crippen molar-refractivity contribution >= 4 is 15.9 Å². The van der Waals surface area contributed by atoms with Crippen LogP contribution in [-0.2, 0) is 27.8 Å². The van der Waals surface area contributed by atoms with Crippen LogP contribution in [-0.4, -0.2) is 38.5 Å². The first-order valence-electron chi connectivity index (χ1n) is 11.5. The van der Waals surface area contributed by atoms with E-state index in [0.29, 0.717) is 29.0 Å². The van der Waals surface area contributed by atoms with Crippen LogP contribution >= 0.6 is 0 Å². The normalized spacial score (nSPS) is 12.7. The zero-order valence-corrected chi connectivity index (χ0v) is 21.0. The number of amides is 1. The van der Waals surface area contributed by atoms with Crippen molar-refractivity contribution in [3.8, 4) is 11.5 Å². The third-order valence-electron chi connectivity index (χ3n) is 5.94. The maximum atomic E-state index is 13.8. The number of hydrogen-bond acceptors (Lipinski definition) is 5. The van der Waals surface area contributed by atoms with Crippen LogP contribution in [0.25, 0.3) is 0 Å². The minimum Gasteiger partial charge on any atom is -0.454 e. The maximum absolute atomic E-state index is 13.8. The van der Waals surface area contributed by atoms with E-state index in [1.54, 1.807) is 19.9 Å². The molecule has 7 nitrogen and oxygen atoms in total. The first-order valence-corrected chi connectivity index (χ1v) is 12.9. The van der Waals surface area contributed by atoms with Gasteiger partial charge in [0.15, 0.2) is 11.5 Å². The van der Waals surface area contributed by atoms with Gasteiger partial charge in [0.25, 0.3) is 0 Å². The Bertz CT molecular complexity index is 1300. The lowest BCUT2D eigenvalue weighted by molar-refractivity contribution is -0.121. The van der Waals surface area contributed by atoms with Gasteiger partial charge in [0.05, 0.1) is 11.4 Å². The summed E-state index contributed by atoms with van der Waals surface area (Å²) in [6.07, 6.45) is 0.499. The monoisotopic (exact) mass is 494 g/mol. The van der Waals surface area contributed by atoms with E-state index in [1.165, 1.54) is 4.31 Å². The molecule has 184 valence electrons. The number of benzene rings is 3. The Labute approximate surface area is 206 Å². The van der Waals surface area contributed by atoms with Gasteiger partial charge >= 0.3 is 0 Å². The molecule has 0 saturated carbocycles. The summed E-state index contributed by atoms with van der Waals surface area (Å²) in [5.74, 6) is 0.929. The lowest BCUT2D eigenvalue weighted by atomic mass is 10.1. The van der Waals surface area contributed by atoms with Gasteiger partial charge in [-0.05, 0) is 61.6 Å². The van der Waals surface area contributed by atoms with E-state index in [9.17, 15) is 13.2 Å². The van der Waals surface area contributed by atoms with Crippen LogP contribution in [0.2, 0.25) is 0 Å². The van der Waals surface area contributed by atoms with Gasteiger partial charge in [-0.25, -0.2) is 8.42 Å². The summed E-state index contributed by atoms with van der Waals surface area (Å²) >= 11 is 0. The highest BCUT2D eigenvalue weighted by atomic mass is 32.2. The molecule has 1 amide bonds. The number of carbonyl (C=O) groups excluding carboxylic acids is 1. The summed E-state index contributed by atoms with van der Waals surface area (Å²) in [5, 5.41) is 2.84. The molecule has 0 bridgehead atoms. The summed E-state index contributed by atoms with van der Waals surface area (Å²) in [6.45, 7) is 5.88. The molecule has 0 unspecified atom stereocenters. The number of aryl methyl sites for hydroxylation is 3. The van der Waals surface area contributed by atoms with Gasteiger partial charge in [-0.15, -0.1) is 0 Å². The van der Waals surface area contributed by atoms with Gasteiger partial charge in [0.2, 0.25) is 22.7 Å². The fourth-order valence-corrected chi connectivity index (χ4v) is 6.16. The predicted molar refractivity (Wildman–Crippen MR) is 134 cm³/mol. The van der Waals surface area contributed by atoms with E-state index in [0.717, 1.165) is 16.7 Å². The second-order valence-corrected chi connectivity index (χ2v) is 10.6. The number of nitrogens with one attached hydrogen (secondary N) is 1. The van der Waals surface area contributed by atoms with Crippen molar-refractivity contribution in [2.24, 2.45) is 0 Å². The summed E-state index contributed by atoms with van der Waals surface area (Å²) in [7, 11) is -3.90. The number of rotatable bonds is 9. The predicted octanol–water partition coefficient (Wildman–Crippen LogP) is 3.89. The van der Waals surface area contributed by atoms with Gasteiger partial charge in [0, 0.05) is 13.1 Å². The standard InChI is InChI=1S/C27H30N2O5S/c1-19-13-20(2)27(21(3)14-19)35(31,32)29(12-11-22-7-5-4-6-8-22)17-26(30)28-16-23-9-10-24-25(15-23)34-18-33-24/h4-10,13-15H,11-12,16-18H2,1-3H3,(H,28,30). The second kappa shape index (κ2) is 10.5. The Morgan fingerprint density at radius 2 is 1.60 bits per heavy atom. The second-order valence-electron chi connectivity index (χ2n) is 8.77. The van der Waals surface area contributed by atoms with Crippen molar-refractivity contribution in [2.45, 2.75) is 38.6 Å². The van der Waals surface area contributed by atoms with Crippen LogP contribution in [0.3, 0.4) is 0 Å². The molecular formula is C27H30N2O5S. The van der Waals surface area contributed by atoms with Crippen molar-refractivity contribution in [2.75, 3.05) is 19.9 Å². The Kier molecular flexibility index (Phi) is 7.42. The first kappa shape index (κ1) is 24.8. The van der Waals surface area contributed by atoms with E-state index in [-0.39, 0.29) is 37.2 Å². The maximum Gasteiger partial charge on any atom is 0.244 e. The first-order chi connectivity index (χ1) is 16.7. The van der Waals surface area contributed by atoms with E-state index in [1.807, 2.05) is 61.5 Å². The van der Waals surface area contributed by atoms with Crippen LogP contribution in [0, 0.1) is 20.8 Å². The van der Waals surface area contributed by atoms with Crippen molar-refractivity contribution in [1.82, 2.24) is 9.62 Å². The highest BCUT2D eigenvalue weighted by Crippen LogP contribution is 2.32. The molecule has 1 aliphatic heterocycles. The fourth-order valence-electron chi connectivity index (χ4n) is 4.35. The molecule has 0 spiro atoms. The number of carbonyl (C=O) groups is 1. The molecule has 0 aliphatic carbocycles. The Morgan fingerprint density at radius 1 is 0.914 bits per heavy atom. The van der Waals surface area contributed by atoms with Crippen molar-refractivity contribution in [3.63, 3.8) is 0 Å². The number of ether oxygens (including phenoxy) is 2. The molecule has 3 aromatic rings. The lowest BCUT2D eigenvalue weighted by Crippen LogP contribution is -2.42. The zero-order chi connectivity index (χ0) is 25.0. The van der Waals surface area contributed by atoms with Crippen LogP contribution in [0.15, 0.2) is 65.6 Å². The molecule has 8 heteroatoms. The van der Waals surface area contributed by atoms with Gasteiger partial charge in [-0.1, -0.05) is 54.1 Å². The third kappa shape index (κ3) is 5.83. The molecular weight excluding hydrogens is 464 g/mol. The molecule has 0 aromatic heterocycles. The van der Waals surface area contributed by atoms with E-state index in [2.05, 4.69) is 5.32 Å². The van der Waals surface area contributed by atoms with Crippen LogP contribution < -0.4 is 14.8 Å². The largest absolute Gasteiger partial charge is 0.454 e. The minimum absolute atomic E-state index is 0.178. The smallest absolute Gasteiger partial charge is 0.244 e. The number of nitrogens with zero attached hydrogens (tertiary/aromatic N) is 1. The summed E-state index contributed by atoms with van der Waals surface area (Å²) in [4.78, 5) is 13.2. The number of hydrogen-bond donors (Lipinski definition) is 1. The third-order valence-corrected chi connectivity index (χ3v) is 8.09. The SMILES string of the molecule is Cc1cc(C)c(S(=O)(=O)N(CCc2ccccc2)CC(=O)NCc2ccc3c(c2)OCO3)c(C)c1. The zero-order valence-electron chi connectivity index (χ0n) is 20.2. The van der Waals surface area contributed by atoms with E-state index in [4.69, 9.17) is 9.47 Å². The van der Waals surface area contributed by atoms with Crippen molar-refractivity contribution in [1.29, 1.82) is 0 Å². The molecule has 0 atom stereocenters. The van der Waals surface area contributed by atoms with Crippen LogP contribution in [0.4, 0.5) is 0 Å². The molecule has 0 radical (unpaired) electrons. The average Bonchev–Trinajstić information content (AvgIpc) is 3.28. The summed E-state index contributed by atoms with van der Waals surface area (Å²) in [6, 6.07) is 18.8. The summed E-state index contributed by atoms with van der Waals surface area (Å²) < 4.78 is 39.5. The molecule has 3 aromatic carbocycles. The fraction of sp³-hybridized carbons (Fsp3) is 0.296. The molecule has 1 aliphatic rings. The quantitative estimate of drug-likeness (QED) is 0.488. The van der Waals surface area contributed by atoms with E-state index < -0.39 is 10.0 Å². The Morgan fingerprint density at radius 3 is 2.31 bits per heavy atom. The van der Waals surface area contributed by atoms with Gasteiger partial charge in [-0.2, -0.15) is 4.31 Å². The topological polar surface area (TPSA) is 84.9 Å². The van der Waals surface area contributed by atoms with E-state index >= 15 is 0 Å². The number of sulfonamides is 1. The van der Waals surface area contributed by atoms with Gasteiger partial charge < -0.3 is 14.8 Å². The molecule has 35 heavy (non-hydrogen) atoms. The highest BCUT2D eigenvalue weighted by Gasteiger charge is 2.29. The molecule has 1 N–H and O–H groups in total. The minimum atomic E-state index is -3.90. The summed E-state index contributed by atoms with van der Waals surface area (Å²) in [5.41, 5.74) is 4.19. The molecule has 0 fully saturated rings. The van der Waals surface area contributed by atoms with Crippen LogP contribution in [0.1, 0.15) is 27.8 Å². The number of fused-ring (bicyclic) bond motifs is 1. The van der Waals surface area contributed by atoms with Crippen molar-refractivity contribution < 1.29 is 22.7 Å². The average molecular weight is 495 g/mol. The molecule has 4 rings (SSSR count).